The van der Waals surface area contributed by atoms with E-state index in [1.165, 1.54) is 0 Å². The van der Waals surface area contributed by atoms with E-state index in [-0.39, 0.29) is 5.04 Å². The van der Waals surface area contributed by atoms with Crippen LogP contribution < -0.4 is 0 Å². The van der Waals surface area contributed by atoms with Gasteiger partial charge in [0.15, 0.2) is 5.04 Å². The van der Waals surface area contributed by atoms with Crippen molar-refractivity contribution in [3.05, 3.63) is 0 Å². The highest BCUT2D eigenvalue weighted by Crippen LogP contribution is 1.96. The van der Waals surface area contributed by atoms with E-state index in [9.17, 15) is 4.79 Å². The van der Waals surface area contributed by atoms with Gasteiger partial charge < -0.3 is 4.74 Å². The zero-order valence-corrected chi connectivity index (χ0v) is 6.25. The Balaban J connectivity index is 3.60. The van der Waals surface area contributed by atoms with Gasteiger partial charge in [-0.05, 0) is 13.2 Å². The first kappa shape index (κ1) is 8.49. The van der Waals surface area contributed by atoms with E-state index in [1.54, 1.807) is 13.2 Å². The van der Waals surface area contributed by atoms with E-state index in [4.69, 9.17) is 5.41 Å². The summed E-state index contributed by atoms with van der Waals surface area (Å²) in [5.74, 6) is -0.537. The van der Waals surface area contributed by atoms with Crippen LogP contribution in [-0.2, 0) is 9.53 Å². The normalized spacial score (nSPS) is 8.67. The van der Waals surface area contributed by atoms with Gasteiger partial charge in [0, 0.05) is 0 Å². The molecule has 4 heteroatoms. The quantitative estimate of drug-likeness (QED) is 0.340. The molecule has 0 amide bonds. The average Bonchev–Trinajstić information content (AvgIpc) is 1.87. The van der Waals surface area contributed by atoms with E-state index >= 15 is 0 Å². The van der Waals surface area contributed by atoms with Crippen molar-refractivity contribution in [3.63, 3.8) is 0 Å². The standard InChI is InChI=1S/C5H9NO2S/c1-3-8-5(7)4(6)9-2/h6H,3H2,1-2H3. The molecule has 0 aromatic rings. The fourth-order valence-electron chi connectivity index (χ4n) is 0.280. The summed E-state index contributed by atoms with van der Waals surface area (Å²) < 4.78 is 4.51. The molecule has 0 saturated carbocycles. The van der Waals surface area contributed by atoms with Gasteiger partial charge in [0.2, 0.25) is 0 Å². The minimum absolute atomic E-state index is 0.0446. The molecule has 0 aliphatic heterocycles. The number of hydrogen-bond acceptors (Lipinski definition) is 4. The lowest BCUT2D eigenvalue weighted by Crippen LogP contribution is -2.12. The molecule has 0 atom stereocenters. The van der Waals surface area contributed by atoms with Crippen molar-refractivity contribution in [1.82, 2.24) is 0 Å². The maximum atomic E-state index is 10.5. The summed E-state index contributed by atoms with van der Waals surface area (Å²) in [5, 5.41) is 6.89. The van der Waals surface area contributed by atoms with E-state index in [2.05, 4.69) is 4.74 Å². The molecular weight excluding hydrogens is 138 g/mol. The molecule has 0 saturated heterocycles. The number of carbonyl (C=O) groups is 1. The summed E-state index contributed by atoms with van der Waals surface area (Å²) >= 11 is 1.08. The Hall–Kier alpha value is -0.510. The highest BCUT2D eigenvalue weighted by atomic mass is 32.2. The van der Waals surface area contributed by atoms with Gasteiger partial charge in [-0.2, -0.15) is 0 Å². The number of esters is 1. The van der Waals surface area contributed by atoms with E-state index < -0.39 is 5.97 Å². The molecule has 0 aromatic heterocycles. The lowest BCUT2D eigenvalue weighted by molar-refractivity contribution is -0.134. The van der Waals surface area contributed by atoms with Crippen molar-refractivity contribution < 1.29 is 9.53 Å². The lowest BCUT2D eigenvalue weighted by Gasteiger charge is -1.97. The second kappa shape index (κ2) is 4.38. The van der Waals surface area contributed by atoms with Crippen LogP contribution in [0.3, 0.4) is 0 Å². The highest BCUT2D eigenvalue weighted by molar-refractivity contribution is 8.14. The molecule has 0 fully saturated rings. The maximum Gasteiger partial charge on any atom is 0.362 e. The molecular formula is C5H9NO2S. The zero-order chi connectivity index (χ0) is 7.28. The average molecular weight is 147 g/mol. The maximum absolute atomic E-state index is 10.5. The fraction of sp³-hybridized carbons (Fsp3) is 0.600. The van der Waals surface area contributed by atoms with E-state index in [1.807, 2.05) is 0 Å². The number of thioether (sulfide) groups is 1. The second-order valence-corrected chi connectivity index (χ2v) is 2.07. The molecule has 52 valence electrons. The Kier molecular flexibility index (Phi) is 4.13. The predicted octanol–water partition coefficient (Wildman–Crippen LogP) is 0.890. The third kappa shape index (κ3) is 3.13. The molecule has 0 unspecified atom stereocenters. The van der Waals surface area contributed by atoms with Gasteiger partial charge in [0.05, 0.1) is 6.61 Å². The van der Waals surface area contributed by atoms with Gasteiger partial charge in [-0.1, -0.05) is 0 Å². The first-order chi connectivity index (χ1) is 4.22. The Labute approximate surface area is 58.3 Å². The third-order valence-corrected chi connectivity index (χ3v) is 1.24. The minimum atomic E-state index is -0.537. The van der Waals surface area contributed by atoms with E-state index in [0.717, 1.165) is 11.8 Å². The van der Waals surface area contributed by atoms with Crippen molar-refractivity contribution >= 4 is 22.8 Å². The Bertz CT molecular complexity index is 124. The van der Waals surface area contributed by atoms with Crippen LogP contribution in [0, 0.1) is 5.41 Å². The zero-order valence-electron chi connectivity index (χ0n) is 5.43. The van der Waals surface area contributed by atoms with Gasteiger partial charge >= 0.3 is 5.97 Å². The number of nitrogens with one attached hydrogen (secondary N) is 1. The summed E-state index contributed by atoms with van der Waals surface area (Å²) in [6.07, 6.45) is 1.67. The van der Waals surface area contributed by atoms with Crippen molar-refractivity contribution in [2.45, 2.75) is 6.92 Å². The van der Waals surface area contributed by atoms with Gasteiger partial charge in [-0.15, -0.1) is 11.8 Å². The molecule has 0 rings (SSSR count). The minimum Gasteiger partial charge on any atom is -0.461 e. The Morgan fingerprint density at radius 1 is 1.78 bits per heavy atom. The van der Waals surface area contributed by atoms with Gasteiger partial charge in [-0.3, -0.25) is 5.41 Å². The molecule has 9 heavy (non-hydrogen) atoms. The number of carbonyl (C=O) groups excluding carboxylic acids is 1. The fourth-order valence-corrected chi connectivity index (χ4v) is 0.506. The van der Waals surface area contributed by atoms with Crippen LogP contribution in [0.1, 0.15) is 6.92 Å². The van der Waals surface area contributed by atoms with E-state index in [0.29, 0.717) is 6.61 Å². The molecule has 0 aliphatic carbocycles. The molecule has 3 nitrogen and oxygen atoms in total. The smallest absolute Gasteiger partial charge is 0.362 e. The third-order valence-electron chi connectivity index (χ3n) is 0.665. The van der Waals surface area contributed by atoms with Crippen LogP contribution in [0.2, 0.25) is 0 Å². The van der Waals surface area contributed by atoms with Crippen LogP contribution in [0.15, 0.2) is 0 Å². The summed E-state index contributed by atoms with van der Waals surface area (Å²) in [7, 11) is 0. The molecule has 1 N–H and O–H groups in total. The predicted molar refractivity (Wildman–Crippen MR) is 37.9 cm³/mol. The summed E-state index contributed by atoms with van der Waals surface area (Å²) in [6, 6.07) is 0. The molecule has 0 spiro atoms. The SMILES string of the molecule is CCOC(=O)C(=N)SC. The van der Waals surface area contributed by atoms with Crippen molar-refractivity contribution in [2.24, 2.45) is 0 Å². The molecule has 0 radical (unpaired) electrons. The molecule has 0 bridgehead atoms. The number of ether oxygens (including phenoxy) is 1. The van der Waals surface area contributed by atoms with Gasteiger partial charge in [-0.25, -0.2) is 4.79 Å². The van der Waals surface area contributed by atoms with Crippen molar-refractivity contribution in [2.75, 3.05) is 12.9 Å². The monoisotopic (exact) mass is 147 g/mol. The summed E-state index contributed by atoms with van der Waals surface area (Å²) in [4.78, 5) is 10.5. The topological polar surface area (TPSA) is 50.2 Å². The van der Waals surface area contributed by atoms with Gasteiger partial charge in [0.25, 0.3) is 0 Å². The highest BCUT2D eigenvalue weighted by Gasteiger charge is 2.06. The molecule has 0 aromatic carbocycles. The van der Waals surface area contributed by atoms with Crippen LogP contribution in [0.25, 0.3) is 0 Å². The Morgan fingerprint density at radius 3 is 2.67 bits per heavy atom. The number of hydrogen-bond donors (Lipinski definition) is 1. The first-order valence-electron chi connectivity index (χ1n) is 2.52. The summed E-state index contributed by atoms with van der Waals surface area (Å²) in [5.41, 5.74) is 0. The molecule has 0 aliphatic rings. The van der Waals surface area contributed by atoms with Gasteiger partial charge in [0.1, 0.15) is 0 Å². The molecule has 0 heterocycles. The first-order valence-corrected chi connectivity index (χ1v) is 3.74. The lowest BCUT2D eigenvalue weighted by atomic mass is 10.7. The second-order valence-electron chi connectivity index (χ2n) is 1.25. The summed E-state index contributed by atoms with van der Waals surface area (Å²) in [6.45, 7) is 2.05. The Morgan fingerprint density at radius 2 is 2.33 bits per heavy atom. The largest absolute Gasteiger partial charge is 0.461 e. The van der Waals surface area contributed by atoms with Crippen LogP contribution in [0.4, 0.5) is 0 Å². The van der Waals surface area contributed by atoms with Crippen LogP contribution in [0.5, 0.6) is 0 Å². The number of rotatable bonds is 1. The van der Waals surface area contributed by atoms with Crippen molar-refractivity contribution in [1.29, 1.82) is 5.41 Å². The van der Waals surface area contributed by atoms with Crippen LogP contribution in [-0.4, -0.2) is 23.9 Å². The van der Waals surface area contributed by atoms with Crippen molar-refractivity contribution in [3.8, 4) is 0 Å². The van der Waals surface area contributed by atoms with Crippen LogP contribution >= 0.6 is 11.8 Å².